The van der Waals surface area contributed by atoms with Crippen molar-refractivity contribution in [1.29, 1.82) is 0 Å². The second-order valence-corrected chi connectivity index (χ2v) is 6.32. The van der Waals surface area contributed by atoms with Crippen molar-refractivity contribution in [2.75, 3.05) is 60.2 Å². The lowest BCUT2D eigenvalue weighted by Gasteiger charge is -2.41. The maximum Gasteiger partial charge on any atom is 0.191 e. The Morgan fingerprint density at radius 2 is 1.91 bits per heavy atom. The largest absolute Gasteiger partial charge is 0.385 e. The molecule has 6 nitrogen and oxygen atoms in total. The minimum atomic E-state index is 0.0971. The van der Waals surface area contributed by atoms with Crippen LogP contribution in [0.25, 0.3) is 0 Å². The van der Waals surface area contributed by atoms with Gasteiger partial charge in [0.15, 0.2) is 5.96 Å². The number of unbranched alkanes of at least 4 members (excludes halogenated alkanes) is 2. The average Bonchev–Trinajstić information content (AvgIpc) is 2.54. The van der Waals surface area contributed by atoms with Gasteiger partial charge in [-0.3, -0.25) is 9.89 Å². The van der Waals surface area contributed by atoms with Crippen molar-refractivity contribution in [1.82, 2.24) is 15.5 Å². The zero-order valence-electron chi connectivity index (χ0n) is 14.8. The number of morpholine rings is 1. The number of rotatable bonds is 9. The topological polar surface area (TPSA) is 58.1 Å². The van der Waals surface area contributed by atoms with Crippen LogP contribution in [0.1, 0.15) is 33.1 Å². The van der Waals surface area contributed by atoms with Gasteiger partial charge in [0.05, 0.1) is 13.2 Å². The minimum Gasteiger partial charge on any atom is -0.385 e. The summed E-state index contributed by atoms with van der Waals surface area (Å²) in [6, 6.07) is 0. The highest BCUT2D eigenvalue weighted by molar-refractivity contribution is 5.79. The number of hydrogen-bond donors (Lipinski definition) is 2. The molecule has 0 aromatic carbocycles. The van der Waals surface area contributed by atoms with Gasteiger partial charge in [0.2, 0.25) is 0 Å². The number of aliphatic imine (C=N–C) groups is 1. The second kappa shape index (κ2) is 10.8. The molecule has 0 atom stereocenters. The van der Waals surface area contributed by atoms with Crippen LogP contribution in [-0.2, 0) is 9.47 Å². The number of methoxy groups -OCH3 is 1. The van der Waals surface area contributed by atoms with Crippen molar-refractivity contribution in [3.63, 3.8) is 0 Å². The Labute approximate surface area is 135 Å². The molecule has 1 saturated heterocycles. The number of guanidine groups is 1. The van der Waals surface area contributed by atoms with Gasteiger partial charge >= 0.3 is 0 Å². The van der Waals surface area contributed by atoms with Gasteiger partial charge in [-0.05, 0) is 33.1 Å². The summed E-state index contributed by atoms with van der Waals surface area (Å²) in [6.45, 7) is 10.9. The molecular formula is C16H34N4O2. The molecule has 1 fully saturated rings. The molecule has 1 heterocycles. The van der Waals surface area contributed by atoms with E-state index in [0.29, 0.717) is 0 Å². The number of nitrogens with one attached hydrogen (secondary N) is 2. The molecular weight excluding hydrogens is 280 g/mol. The molecule has 1 aliphatic heterocycles. The van der Waals surface area contributed by atoms with Crippen molar-refractivity contribution in [3.8, 4) is 0 Å². The van der Waals surface area contributed by atoms with Gasteiger partial charge in [-0.1, -0.05) is 0 Å². The van der Waals surface area contributed by atoms with Gasteiger partial charge in [-0.15, -0.1) is 0 Å². The monoisotopic (exact) mass is 314 g/mol. The summed E-state index contributed by atoms with van der Waals surface area (Å²) in [5, 5.41) is 6.82. The quantitative estimate of drug-likeness (QED) is 0.379. The van der Waals surface area contributed by atoms with E-state index in [0.717, 1.165) is 64.8 Å². The maximum absolute atomic E-state index is 5.43. The molecule has 0 amide bonds. The molecule has 1 aliphatic rings. The van der Waals surface area contributed by atoms with Gasteiger partial charge in [0, 0.05) is 52.5 Å². The fraction of sp³-hybridized carbons (Fsp3) is 0.938. The predicted octanol–water partition coefficient (Wildman–Crippen LogP) is 1.08. The SMILES string of the molecule is CN=C(NCCCCCOC)NCC(C)(C)N1CCOCC1. The molecule has 22 heavy (non-hydrogen) atoms. The Hall–Kier alpha value is -0.850. The van der Waals surface area contributed by atoms with E-state index in [9.17, 15) is 0 Å². The van der Waals surface area contributed by atoms with Gasteiger partial charge in [-0.2, -0.15) is 0 Å². The Kier molecular flexibility index (Phi) is 9.43. The first kappa shape index (κ1) is 19.2. The summed E-state index contributed by atoms with van der Waals surface area (Å²) in [5.41, 5.74) is 0.0971. The molecule has 0 bridgehead atoms. The van der Waals surface area contributed by atoms with E-state index in [1.165, 1.54) is 6.42 Å². The molecule has 0 aliphatic carbocycles. The molecule has 0 saturated carbocycles. The smallest absolute Gasteiger partial charge is 0.191 e. The van der Waals surface area contributed by atoms with E-state index >= 15 is 0 Å². The summed E-state index contributed by atoms with van der Waals surface area (Å²) >= 11 is 0. The van der Waals surface area contributed by atoms with Crippen molar-refractivity contribution >= 4 is 5.96 Å². The van der Waals surface area contributed by atoms with Crippen LogP contribution >= 0.6 is 0 Å². The average molecular weight is 314 g/mol. The lowest BCUT2D eigenvalue weighted by atomic mass is 10.0. The maximum atomic E-state index is 5.43. The number of hydrogen-bond acceptors (Lipinski definition) is 4. The highest BCUT2D eigenvalue weighted by Crippen LogP contribution is 2.14. The van der Waals surface area contributed by atoms with Crippen LogP contribution in [0, 0.1) is 0 Å². The lowest BCUT2D eigenvalue weighted by Crippen LogP contribution is -2.56. The lowest BCUT2D eigenvalue weighted by molar-refractivity contribution is -0.00833. The Balaban J connectivity index is 2.22. The first-order valence-corrected chi connectivity index (χ1v) is 8.36. The number of nitrogens with zero attached hydrogens (tertiary/aromatic N) is 2. The third-order valence-corrected chi connectivity index (χ3v) is 4.10. The molecule has 0 aromatic rings. The van der Waals surface area contributed by atoms with Crippen LogP contribution in [0.2, 0.25) is 0 Å². The van der Waals surface area contributed by atoms with Crippen LogP contribution in [0.5, 0.6) is 0 Å². The summed E-state index contributed by atoms with van der Waals surface area (Å²) < 4.78 is 10.5. The summed E-state index contributed by atoms with van der Waals surface area (Å²) in [7, 11) is 3.57. The Morgan fingerprint density at radius 1 is 1.18 bits per heavy atom. The van der Waals surface area contributed by atoms with Crippen molar-refractivity contribution in [2.45, 2.75) is 38.6 Å². The van der Waals surface area contributed by atoms with Gasteiger partial charge in [0.1, 0.15) is 0 Å². The van der Waals surface area contributed by atoms with Gasteiger partial charge < -0.3 is 20.1 Å². The fourth-order valence-electron chi connectivity index (χ4n) is 2.56. The summed E-state index contributed by atoms with van der Waals surface area (Å²) in [4.78, 5) is 6.77. The third-order valence-electron chi connectivity index (χ3n) is 4.10. The first-order valence-electron chi connectivity index (χ1n) is 8.36. The molecule has 6 heteroatoms. The molecule has 2 N–H and O–H groups in total. The first-order chi connectivity index (χ1) is 10.6. The van der Waals surface area contributed by atoms with E-state index in [-0.39, 0.29) is 5.54 Å². The highest BCUT2D eigenvalue weighted by atomic mass is 16.5. The normalized spacial score (nSPS) is 17.5. The van der Waals surface area contributed by atoms with Crippen LogP contribution in [0.4, 0.5) is 0 Å². The highest BCUT2D eigenvalue weighted by Gasteiger charge is 2.28. The molecule has 130 valence electrons. The molecule has 0 radical (unpaired) electrons. The zero-order chi connectivity index (χ0) is 16.3. The zero-order valence-corrected chi connectivity index (χ0v) is 14.8. The van der Waals surface area contributed by atoms with Crippen molar-refractivity contribution in [3.05, 3.63) is 0 Å². The van der Waals surface area contributed by atoms with E-state index in [2.05, 4.69) is 34.4 Å². The molecule has 0 spiro atoms. The van der Waals surface area contributed by atoms with E-state index in [4.69, 9.17) is 9.47 Å². The van der Waals surface area contributed by atoms with Crippen LogP contribution in [0.3, 0.4) is 0 Å². The molecule has 0 aromatic heterocycles. The molecule has 0 unspecified atom stereocenters. The third kappa shape index (κ3) is 7.42. The van der Waals surface area contributed by atoms with Gasteiger partial charge in [0.25, 0.3) is 0 Å². The fourth-order valence-corrected chi connectivity index (χ4v) is 2.56. The standard InChI is InChI=1S/C16H34N4O2/c1-16(2,20-9-12-22-13-10-20)14-19-15(17-3)18-8-6-5-7-11-21-4/h5-14H2,1-4H3,(H2,17,18,19). The van der Waals surface area contributed by atoms with Crippen molar-refractivity contribution in [2.24, 2.45) is 4.99 Å². The Bertz CT molecular complexity index is 315. The Morgan fingerprint density at radius 3 is 2.55 bits per heavy atom. The van der Waals surface area contributed by atoms with Crippen LogP contribution < -0.4 is 10.6 Å². The summed E-state index contributed by atoms with van der Waals surface area (Å²) in [5.74, 6) is 0.882. The van der Waals surface area contributed by atoms with E-state index < -0.39 is 0 Å². The van der Waals surface area contributed by atoms with Crippen molar-refractivity contribution < 1.29 is 9.47 Å². The van der Waals surface area contributed by atoms with E-state index in [1.54, 1.807) is 7.11 Å². The van der Waals surface area contributed by atoms with Crippen LogP contribution in [0.15, 0.2) is 4.99 Å². The molecule has 1 rings (SSSR count). The van der Waals surface area contributed by atoms with E-state index in [1.807, 2.05) is 7.05 Å². The second-order valence-electron chi connectivity index (χ2n) is 6.32. The summed E-state index contributed by atoms with van der Waals surface area (Å²) in [6.07, 6.45) is 3.43. The predicted molar refractivity (Wildman–Crippen MR) is 91.6 cm³/mol. The van der Waals surface area contributed by atoms with Crippen LogP contribution in [-0.4, -0.2) is 76.6 Å². The minimum absolute atomic E-state index is 0.0971. The van der Waals surface area contributed by atoms with Gasteiger partial charge in [-0.25, -0.2) is 0 Å². The number of ether oxygens (including phenoxy) is 2.